The van der Waals surface area contributed by atoms with Crippen LogP contribution >= 0.6 is 0 Å². The molecule has 0 saturated heterocycles. The predicted octanol–water partition coefficient (Wildman–Crippen LogP) is 17.6. The van der Waals surface area contributed by atoms with Crippen LogP contribution in [0.25, 0.3) is 99.2 Å². The Balaban J connectivity index is 0.000000632. The van der Waals surface area contributed by atoms with Gasteiger partial charge in [0.1, 0.15) is 0 Å². The lowest BCUT2D eigenvalue weighted by atomic mass is 9.93. The first-order valence-corrected chi connectivity index (χ1v) is 23.8. The highest BCUT2D eigenvalue weighted by Gasteiger charge is 2.21. The maximum absolute atomic E-state index is 4.80. The van der Waals surface area contributed by atoms with Crippen LogP contribution < -0.4 is 0 Å². The molecule has 0 N–H and O–H groups in total. The molecule has 0 radical (unpaired) electrons. The van der Waals surface area contributed by atoms with Crippen molar-refractivity contribution in [1.82, 2.24) is 13.7 Å². The van der Waals surface area contributed by atoms with E-state index in [1.807, 2.05) is 0 Å². The van der Waals surface area contributed by atoms with E-state index in [1.54, 1.807) is 0 Å². The van der Waals surface area contributed by atoms with E-state index in [4.69, 9.17) is 6.58 Å². The lowest BCUT2D eigenvalue weighted by Gasteiger charge is -2.12. The summed E-state index contributed by atoms with van der Waals surface area (Å²) in [5, 5.41) is 7.36. The van der Waals surface area contributed by atoms with Gasteiger partial charge in [-0.3, -0.25) is 0 Å². The van der Waals surface area contributed by atoms with Crippen molar-refractivity contribution in [3.63, 3.8) is 0 Å². The molecule has 0 amide bonds. The third-order valence-corrected chi connectivity index (χ3v) is 14.1. The molecule has 0 atom stereocenters. The Hall–Kier alpha value is -8.40. The molecular formula is C65H51N3. The molecule has 68 heavy (non-hydrogen) atoms. The molecule has 1 aliphatic rings. The summed E-state index contributed by atoms with van der Waals surface area (Å²) < 4.78 is 7.23. The Labute approximate surface area is 397 Å². The summed E-state index contributed by atoms with van der Waals surface area (Å²) in [6.07, 6.45) is 8.99. The number of fused-ring (bicyclic) bond motifs is 9. The fourth-order valence-corrected chi connectivity index (χ4v) is 10.6. The molecule has 0 spiro atoms. The molecule has 0 bridgehead atoms. The van der Waals surface area contributed by atoms with Gasteiger partial charge in [-0.05, 0) is 164 Å². The number of nitrogens with zero attached hydrogens (tertiary/aromatic N) is 3. The van der Waals surface area contributed by atoms with Crippen LogP contribution in [-0.4, -0.2) is 13.7 Å². The van der Waals surface area contributed by atoms with E-state index < -0.39 is 0 Å². The minimum absolute atomic E-state index is 0.998. The van der Waals surface area contributed by atoms with Gasteiger partial charge >= 0.3 is 0 Å². The smallest absolute Gasteiger partial charge is 0.0562 e. The van der Waals surface area contributed by atoms with E-state index in [-0.39, 0.29) is 0 Å². The summed E-state index contributed by atoms with van der Waals surface area (Å²) in [4.78, 5) is 0. The van der Waals surface area contributed by atoms with Crippen molar-refractivity contribution in [1.29, 1.82) is 0 Å². The predicted molar refractivity (Wildman–Crippen MR) is 291 cm³/mol. The lowest BCUT2D eigenvalue weighted by Crippen LogP contribution is -1.95. The van der Waals surface area contributed by atoms with E-state index in [0.717, 1.165) is 33.8 Å². The number of allylic oxidation sites excluding steroid dienone is 4. The summed E-state index contributed by atoms with van der Waals surface area (Å²) in [5.74, 6) is 0. The van der Waals surface area contributed by atoms with Gasteiger partial charge in [0, 0.05) is 49.4 Å². The number of benzene rings is 9. The minimum atomic E-state index is 0.998. The average molecular weight is 874 g/mol. The second kappa shape index (κ2) is 16.8. The van der Waals surface area contributed by atoms with Crippen LogP contribution in [0.3, 0.4) is 0 Å². The first-order chi connectivity index (χ1) is 33.4. The molecule has 1 aliphatic carbocycles. The van der Waals surface area contributed by atoms with Crippen molar-refractivity contribution in [3.8, 4) is 28.2 Å². The summed E-state index contributed by atoms with van der Waals surface area (Å²) in [5.41, 5.74) is 20.3. The van der Waals surface area contributed by atoms with Crippen molar-refractivity contribution in [2.45, 2.75) is 33.6 Å². The number of hydrogen-bond acceptors (Lipinski definition) is 0. The Morgan fingerprint density at radius 1 is 0.382 bits per heavy atom. The highest BCUT2D eigenvalue weighted by Crippen LogP contribution is 2.42. The van der Waals surface area contributed by atoms with Crippen molar-refractivity contribution < 1.29 is 0 Å². The third-order valence-electron chi connectivity index (χ3n) is 14.1. The van der Waals surface area contributed by atoms with Gasteiger partial charge in [-0.2, -0.15) is 0 Å². The summed E-state index contributed by atoms with van der Waals surface area (Å²) in [6.45, 7) is 11.4. The molecule has 12 aromatic rings. The quantitative estimate of drug-likeness (QED) is 0.158. The molecule has 13 rings (SSSR count). The molecule has 3 nitrogen and oxygen atoms in total. The fraction of sp³-hybridized carbons (Fsp3) is 0.0769. The van der Waals surface area contributed by atoms with Crippen LogP contribution in [-0.2, 0) is 0 Å². The number of hydrogen-bond donors (Lipinski definition) is 0. The SMILES string of the molecule is C=C(c1ccc2c(c1)c1cc(-c3ccccc3C)c(C)cc1n2-c1ccccc1)c1ccc2c(c1)c1cc3c4ccccc4n(-c4ccccc4)c3cc1n2-c1ccccc1.CC1=CC=CCC1. The largest absolute Gasteiger partial charge is 0.309 e. The van der Waals surface area contributed by atoms with Gasteiger partial charge in [0.05, 0.1) is 33.1 Å². The van der Waals surface area contributed by atoms with Gasteiger partial charge in [0.25, 0.3) is 0 Å². The van der Waals surface area contributed by atoms with Crippen LogP contribution in [0, 0.1) is 13.8 Å². The van der Waals surface area contributed by atoms with Gasteiger partial charge in [0.2, 0.25) is 0 Å². The van der Waals surface area contributed by atoms with Crippen LogP contribution in [0.2, 0.25) is 0 Å². The normalized spacial score (nSPS) is 12.6. The summed E-state index contributed by atoms with van der Waals surface area (Å²) in [7, 11) is 0. The van der Waals surface area contributed by atoms with Crippen LogP contribution in [0.1, 0.15) is 42.0 Å². The standard InChI is InChI=1S/C58H41N3.C7H10/c1-37-17-13-14-24-45(37)47-34-51-48-32-40(27-29-54(48)60(56(51)31-38(47)2)43-20-9-5-10-21-43)39(3)41-28-30-55-49(33-41)52-35-50-46-25-15-16-26-53(46)59(42-18-7-4-8-19-42)57(50)36-58(52)61(55)44-22-11-6-12-23-44;1-7-5-3-2-4-6-7/h4-36H,3H2,1-2H3;2-3,5H,4,6H2,1H3. The molecule has 3 heteroatoms. The van der Waals surface area contributed by atoms with Crippen molar-refractivity contribution >= 4 is 71.0 Å². The van der Waals surface area contributed by atoms with Crippen LogP contribution in [0.15, 0.2) is 231 Å². The molecule has 0 saturated carbocycles. The van der Waals surface area contributed by atoms with Gasteiger partial charge in [-0.25, -0.2) is 0 Å². The van der Waals surface area contributed by atoms with Gasteiger partial charge in [0.15, 0.2) is 0 Å². The molecule has 0 unspecified atom stereocenters. The highest BCUT2D eigenvalue weighted by atomic mass is 15.0. The van der Waals surface area contributed by atoms with Crippen LogP contribution in [0.4, 0.5) is 0 Å². The van der Waals surface area contributed by atoms with Gasteiger partial charge in [-0.15, -0.1) is 0 Å². The van der Waals surface area contributed by atoms with Crippen LogP contribution in [0.5, 0.6) is 0 Å². The summed E-state index contributed by atoms with van der Waals surface area (Å²) >= 11 is 0. The monoisotopic (exact) mass is 873 g/mol. The van der Waals surface area contributed by atoms with E-state index >= 15 is 0 Å². The lowest BCUT2D eigenvalue weighted by molar-refractivity contribution is 0.962. The Kier molecular flexibility index (Phi) is 10.1. The first-order valence-electron chi connectivity index (χ1n) is 23.8. The Morgan fingerprint density at radius 2 is 0.853 bits per heavy atom. The van der Waals surface area contributed by atoms with E-state index in [2.05, 4.69) is 253 Å². The number of aryl methyl sites for hydroxylation is 2. The zero-order valence-electron chi connectivity index (χ0n) is 38.7. The number of rotatable bonds is 6. The maximum Gasteiger partial charge on any atom is 0.0562 e. The van der Waals surface area contributed by atoms with Crippen molar-refractivity contribution in [3.05, 3.63) is 253 Å². The molecule has 326 valence electrons. The highest BCUT2D eigenvalue weighted by molar-refractivity contribution is 6.20. The zero-order valence-corrected chi connectivity index (χ0v) is 38.7. The molecular weight excluding hydrogens is 823 g/mol. The van der Waals surface area contributed by atoms with E-state index in [0.29, 0.717) is 0 Å². The summed E-state index contributed by atoms with van der Waals surface area (Å²) in [6, 6.07) is 73.0. The molecule has 3 heterocycles. The first kappa shape index (κ1) is 41.1. The van der Waals surface area contributed by atoms with Gasteiger partial charge < -0.3 is 13.7 Å². The Bertz CT molecular complexity index is 3990. The fourth-order valence-electron chi connectivity index (χ4n) is 10.6. The molecule has 0 aliphatic heterocycles. The molecule has 9 aromatic carbocycles. The number of para-hydroxylation sites is 4. The van der Waals surface area contributed by atoms with Crippen molar-refractivity contribution in [2.24, 2.45) is 0 Å². The maximum atomic E-state index is 4.80. The Morgan fingerprint density at radius 3 is 1.38 bits per heavy atom. The zero-order chi connectivity index (χ0) is 45.9. The van der Waals surface area contributed by atoms with Gasteiger partial charge in [-0.1, -0.05) is 140 Å². The second-order valence-electron chi connectivity index (χ2n) is 18.3. The molecule has 0 fully saturated rings. The second-order valence-corrected chi connectivity index (χ2v) is 18.3. The van der Waals surface area contributed by atoms with E-state index in [1.165, 1.54) is 106 Å². The minimum Gasteiger partial charge on any atom is -0.309 e. The van der Waals surface area contributed by atoms with Crippen molar-refractivity contribution in [2.75, 3.05) is 0 Å². The number of aromatic nitrogens is 3. The topological polar surface area (TPSA) is 14.8 Å². The van der Waals surface area contributed by atoms with E-state index in [9.17, 15) is 0 Å². The third kappa shape index (κ3) is 6.89. The average Bonchev–Trinajstić information content (AvgIpc) is 4.00. The molecule has 3 aromatic heterocycles.